The molecule has 0 saturated heterocycles. The standard InChI is InChI=1S/C26H35Cl2N3O5S/c1-18(2)16-29-26(33)19(3)30(17-20-9-6-7-10-22(20)27)25(32)11-8-14-31(37(5,34)35)21-12-13-24(36-4)23(28)15-21/h6-7,9-10,12-13,15,18-19H,8,11,14,16-17H2,1-5H3,(H,29,33)/t19-/m1/s1. The van der Waals surface area contributed by atoms with Crippen molar-refractivity contribution in [2.24, 2.45) is 5.92 Å². The molecule has 0 heterocycles. The second-order valence-corrected chi connectivity index (χ2v) is 11.9. The lowest BCUT2D eigenvalue weighted by molar-refractivity contribution is -0.140. The maximum absolute atomic E-state index is 13.3. The van der Waals surface area contributed by atoms with E-state index in [9.17, 15) is 18.0 Å². The zero-order chi connectivity index (χ0) is 27.8. The summed E-state index contributed by atoms with van der Waals surface area (Å²) in [5.74, 6) is 0.138. The van der Waals surface area contributed by atoms with Gasteiger partial charge in [-0.15, -0.1) is 0 Å². The summed E-state index contributed by atoms with van der Waals surface area (Å²) in [6.07, 6.45) is 1.36. The van der Waals surface area contributed by atoms with Crippen LogP contribution in [0.5, 0.6) is 5.75 Å². The first kappa shape index (κ1) is 30.7. The summed E-state index contributed by atoms with van der Waals surface area (Å²) in [7, 11) is -2.17. The average Bonchev–Trinajstić information content (AvgIpc) is 2.83. The van der Waals surface area contributed by atoms with Crippen molar-refractivity contribution in [2.45, 2.75) is 46.2 Å². The van der Waals surface area contributed by atoms with Crippen LogP contribution in [0, 0.1) is 5.92 Å². The highest BCUT2D eigenvalue weighted by molar-refractivity contribution is 7.92. The third-order valence-corrected chi connectivity index (χ3v) is 7.58. The molecule has 0 aromatic heterocycles. The largest absolute Gasteiger partial charge is 0.495 e. The van der Waals surface area contributed by atoms with E-state index < -0.39 is 16.1 Å². The van der Waals surface area contributed by atoms with Crippen molar-refractivity contribution in [3.63, 3.8) is 0 Å². The molecule has 1 N–H and O–H groups in total. The molecule has 204 valence electrons. The number of ether oxygens (including phenoxy) is 1. The highest BCUT2D eigenvalue weighted by Gasteiger charge is 2.27. The smallest absolute Gasteiger partial charge is 0.242 e. The molecule has 0 unspecified atom stereocenters. The Morgan fingerprint density at radius 2 is 1.73 bits per heavy atom. The molecule has 11 heteroatoms. The Kier molecular flexibility index (Phi) is 11.5. The molecule has 37 heavy (non-hydrogen) atoms. The van der Waals surface area contributed by atoms with Crippen LogP contribution in [-0.2, 0) is 26.2 Å². The van der Waals surface area contributed by atoms with E-state index in [0.717, 1.165) is 6.26 Å². The molecule has 2 aromatic rings. The van der Waals surface area contributed by atoms with Crippen LogP contribution in [0.3, 0.4) is 0 Å². The van der Waals surface area contributed by atoms with Crippen molar-refractivity contribution in [3.8, 4) is 5.75 Å². The van der Waals surface area contributed by atoms with E-state index in [4.69, 9.17) is 27.9 Å². The molecule has 0 bridgehead atoms. The third kappa shape index (κ3) is 9.09. The number of carbonyl (C=O) groups excluding carboxylic acids is 2. The first-order chi connectivity index (χ1) is 17.3. The Morgan fingerprint density at radius 1 is 1.05 bits per heavy atom. The van der Waals surface area contributed by atoms with Crippen LogP contribution in [0.4, 0.5) is 5.69 Å². The second-order valence-electron chi connectivity index (χ2n) is 9.19. The van der Waals surface area contributed by atoms with Crippen LogP contribution < -0.4 is 14.4 Å². The van der Waals surface area contributed by atoms with Gasteiger partial charge in [-0.05, 0) is 49.1 Å². The third-order valence-electron chi connectivity index (χ3n) is 5.73. The van der Waals surface area contributed by atoms with E-state index in [-0.39, 0.29) is 48.7 Å². The van der Waals surface area contributed by atoms with Gasteiger partial charge in [0.05, 0.1) is 24.1 Å². The first-order valence-corrected chi connectivity index (χ1v) is 14.6. The van der Waals surface area contributed by atoms with Gasteiger partial charge in [0.15, 0.2) is 0 Å². The Balaban J connectivity index is 2.19. The van der Waals surface area contributed by atoms with Crippen molar-refractivity contribution in [1.82, 2.24) is 10.2 Å². The maximum Gasteiger partial charge on any atom is 0.242 e. The molecule has 0 saturated carbocycles. The van der Waals surface area contributed by atoms with Crippen molar-refractivity contribution in [2.75, 3.05) is 30.8 Å². The van der Waals surface area contributed by atoms with Crippen LogP contribution in [-0.4, -0.2) is 57.6 Å². The lowest BCUT2D eigenvalue weighted by atomic mass is 10.1. The average molecular weight is 573 g/mol. The Bertz CT molecular complexity index is 1190. The molecule has 0 aliphatic heterocycles. The van der Waals surface area contributed by atoms with Gasteiger partial charge in [-0.25, -0.2) is 8.42 Å². The van der Waals surface area contributed by atoms with Crippen LogP contribution in [0.15, 0.2) is 42.5 Å². The zero-order valence-corrected chi connectivity index (χ0v) is 24.2. The van der Waals surface area contributed by atoms with Gasteiger partial charge in [0.2, 0.25) is 21.8 Å². The summed E-state index contributed by atoms with van der Waals surface area (Å²) in [4.78, 5) is 27.6. The lowest BCUT2D eigenvalue weighted by Gasteiger charge is -2.30. The van der Waals surface area contributed by atoms with Crippen LogP contribution >= 0.6 is 23.2 Å². The van der Waals surface area contributed by atoms with Gasteiger partial charge >= 0.3 is 0 Å². The number of nitrogens with zero attached hydrogens (tertiary/aromatic N) is 2. The maximum atomic E-state index is 13.3. The van der Waals surface area contributed by atoms with E-state index in [2.05, 4.69) is 5.32 Å². The molecule has 2 amide bonds. The van der Waals surface area contributed by atoms with Gasteiger partial charge in [-0.3, -0.25) is 13.9 Å². The second kappa shape index (κ2) is 13.9. The Hall–Kier alpha value is -2.49. The summed E-state index contributed by atoms with van der Waals surface area (Å²) in [5.41, 5.74) is 1.08. The summed E-state index contributed by atoms with van der Waals surface area (Å²) in [6, 6.07) is 11.1. The fraction of sp³-hybridized carbons (Fsp3) is 0.462. The number of anilines is 1. The molecule has 0 aliphatic carbocycles. The van der Waals surface area contributed by atoms with Crippen LogP contribution in [0.25, 0.3) is 0 Å². The molecule has 2 rings (SSSR count). The van der Waals surface area contributed by atoms with E-state index in [0.29, 0.717) is 28.6 Å². The van der Waals surface area contributed by atoms with Gasteiger partial charge in [-0.1, -0.05) is 55.2 Å². The van der Waals surface area contributed by atoms with Crippen LogP contribution in [0.2, 0.25) is 10.0 Å². The van der Waals surface area contributed by atoms with E-state index >= 15 is 0 Å². The van der Waals surface area contributed by atoms with Crippen molar-refractivity contribution in [3.05, 3.63) is 58.1 Å². The molecule has 1 atom stereocenters. The number of hydrogen-bond acceptors (Lipinski definition) is 5. The molecule has 0 aliphatic rings. The minimum atomic E-state index is -3.64. The van der Waals surface area contributed by atoms with Gasteiger partial charge in [0, 0.05) is 31.1 Å². The quantitative estimate of drug-likeness (QED) is 0.374. The topological polar surface area (TPSA) is 96.0 Å². The van der Waals surface area contributed by atoms with E-state index in [1.165, 1.54) is 22.4 Å². The summed E-state index contributed by atoms with van der Waals surface area (Å²) < 4.78 is 31.3. The molecule has 0 spiro atoms. The minimum Gasteiger partial charge on any atom is -0.495 e. The number of halogens is 2. The Morgan fingerprint density at radius 3 is 2.30 bits per heavy atom. The summed E-state index contributed by atoms with van der Waals surface area (Å²) in [5, 5.41) is 3.64. The van der Waals surface area contributed by atoms with Gasteiger partial charge in [0.25, 0.3) is 0 Å². The van der Waals surface area contributed by atoms with Crippen molar-refractivity contribution < 1.29 is 22.7 Å². The molecule has 0 fully saturated rings. The molecular formula is C26H35Cl2N3O5S. The summed E-state index contributed by atoms with van der Waals surface area (Å²) in [6.45, 7) is 6.35. The highest BCUT2D eigenvalue weighted by atomic mass is 35.5. The fourth-order valence-electron chi connectivity index (χ4n) is 3.66. The van der Waals surface area contributed by atoms with Gasteiger partial charge in [-0.2, -0.15) is 0 Å². The number of amides is 2. The van der Waals surface area contributed by atoms with E-state index in [1.807, 2.05) is 19.9 Å². The number of rotatable bonds is 13. The normalized spacial score (nSPS) is 12.2. The number of carbonyl (C=O) groups is 2. The zero-order valence-electron chi connectivity index (χ0n) is 21.8. The molecule has 2 aromatic carbocycles. The fourth-order valence-corrected chi connectivity index (χ4v) is 5.06. The number of hydrogen-bond donors (Lipinski definition) is 1. The van der Waals surface area contributed by atoms with Gasteiger partial charge < -0.3 is 15.0 Å². The molecule has 0 radical (unpaired) electrons. The molecule has 8 nitrogen and oxygen atoms in total. The van der Waals surface area contributed by atoms with E-state index in [1.54, 1.807) is 37.3 Å². The number of benzene rings is 2. The van der Waals surface area contributed by atoms with Gasteiger partial charge in [0.1, 0.15) is 11.8 Å². The van der Waals surface area contributed by atoms with Crippen LogP contribution in [0.1, 0.15) is 39.2 Å². The number of sulfonamides is 1. The van der Waals surface area contributed by atoms with Crippen molar-refractivity contribution in [1.29, 1.82) is 0 Å². The lowest BCUT2D eigenvalue weighted by Crippen LogP contribution is -2.48. The predicted octanol–water partition coefficient (Wildman–Crippen LogP) is 4.74. The minimum absolute atomic E-state index is 0.0299. The number of methoxy groups -OCH3 is 1. The number of nitrogens with one attached hydrogen (secondary N) is 1. The highest BCUT2D eigenvalue weighted by Crippen LogP contribution is 2.30. The Labute approximate surface area is 229 Å². The first-order valence-electron chi connectivity index (χ1n) is 12.0. The monoisotopic (exact) mass is 571 g/mol. The summed E-state index contributed by atoms with van der Waals surface area (Å²) >= 11 is 12.5. The predicted molar refractivity (Wildman–Crippen MR) is 149 cm³/mol. The molecular weight excluding hydrogens is 537 g/mol. The van der Waals surface area contributed by atoms with Crippen molar-refractivity contribution >= 4 is 50.7 Å². The SMILES string of the molecule is COc1ccc(N(CCCC(=O)N(Cc2ccccc2Cl)[C@H](C)C(=O)NCC(C)C)S(C)(=O)=O)cc1Cl.